The number of halogens is 1. The summed E-state index contributed by atoms with van der Waals surface area (Å²) in [5, 5.41) is 9.26. The number of aliphatic hydroxyl groups is 1. The SMILES string of the molecule is OCC(CC1COC1)c1ccccc1F. The molecule has 0 bridgehead atoms. The average Bonchev–Trinajstić information content (AvgIpc) is 2.19. The third-order valence-corrected chi connectivity index (χ3v) is 2.89. The molecule has 1 unspecified atom stereocenters. The highest BCUT2D eigenvalue weighted by atomic mass is 19.1. The Hall–Kier alpha value is -0.930. The largest absolute Gasteiger partial charge is 0.396 e. The van der Waals surface area contributed by atoms with Crippen molar-refractivity contribution in [1.82, 2.24) is 0 Å². The van der Waals surface area contributed by atoms with Crippen molar-refractivity contribution in [3.63, 3.8) is 0 Å². The van der Waals surface area contributed by atoms with Crippen LogP contribution < -0.4 is 0 Å². The van der Waals surface area contributed by atoms with E-state index in [2.05, 4.69) is 0 Å². The molecule has 1 aromatic rings. The molecule has 1 N–H and O–H groups in total. The van der Waals surface area contributed by atoms with Crippen molar-refractivity contribution in [2.45, 2.75) is 12.3 Å². The molecule has 1 aliphatic heterocycles. The van der Waals surface area contributed by atoms with Crippen LogP contribution in [0.5, 0.6) is 0 Å². The first-order chi connectivity index (χ1) is 7.31. The lowest BCUT2D eigenvalue weighted by molar-refractivity contribution is -0.0406. The van der Waals surface area contributed by atoms with Gasteiger partial charge in [0.05, 0.1) is 19.8 Å². The first kappa shape index (κ1) is 10.6. The van der Waals surface area contributed by atoms with E-state index in [-0.39, 0.29) is 18.3 Å². The van der Waals surface area contributed by atoms with Gasteiger partial charge in [-0.05, 0) is 18.1 Å². The molecule has 0 aliphatic carbocycles. The molecule has 0 aromatic heterocycles. The second-order valence-electron chi connectivity index (χ2n) is 4.04. The molecule has 0 saturated carbocycles. The van der Waals surface area contributed by atoms with Crippen molar-refractivity contribution in [2.24, 2.45) is 5.92 Å². The molecule has 1 aromatic carbocycles. The molecule has 82 valence electrons. The van der Waals surface area contributed by atoms with Crippen LogP contribution in [0.1, 0.15) is 17.9 Å². The van der Waals surface area contributed by atoms with E-state index in [0.717, 1.165) is 19.6 Å². The third kappa shape index (κ3) is 2.36. The van der Waals surface area contributed by atoms with Crippen molar-refractivity contribution >= 4 is 0 Å². The van der Waals surface area contributed by atoms with Gasteiger partial charge in [0.15, 0.2) is 0 Å². The minimum absolute atomic E-state index is 0.00255. The Kier molecular flexibility index (Phi) is 3.34. The Labute approximate surface area is 88.7 Å². The van der Waals surface area contributed by atoms with Gasteiger partial charge >= 0.3 is 0 Å². The first-order valence-electron chi connectivity index (χ1n) is 5.24. The van der Waals surface area contributed by atoms with E-state index in [1.807, 2.05) is 0 Å². The van der Waals surface area contributed by atoms with E-state index in [1.165, 1.54) is 6.07 Å². The normalized spacial score (nSPS) is 18.5. The topological polar surface area (TPSA) is 29.5 Å². The van der Waals surface area contributed by atoms with Crippen LogP contribution in [-0.4, -0.2) is 24.9 Å². The minimum atomic E-state index is -0.225. The number of benzene rings is 1. The molecule has 0 spiro atoms. The predicted octanol–water partition coefficient (Wildman–Crippen LogP) is 1.94. The van der Waals surface area contributed by atoms with Gasteiger partial charge in [-0.2, -0.15) is 0 Å². The monoisotopic (exact) mass is 210 g/mol. The molecule has 1 saturated heterocycles. The van der Waals surface area contributed by atoms with Gasteiger partial charge in [-0.25, -0.2) is 4.39 Å². The van der Waals surface area contributed by atoms with Gasteiger partial charge in [0.1, 0.15) is 5.82 Å². The molecule has 1 aliphatic rings. The fourth-order valence-corrected chi connectivity index (χ4v) is 1.93. The quantitative estimate of drug-likeness (QED) is 0.823. The van der Waals surface area contributed by atoms with Gasteiger partial charge in [-0.15, -0.1) is 0 Å². The van der Waals surface area contributed by atoms with Crippen molar-refractivity contribution in [1.29, 1.82) is 0 Å². The fourth-order valence-electron chi connectivity index (χ4n) is 1.93. The van der Waals surface area contributed by atoms with Crippen LogP contribution >= 0.6 is 0 Å². The number of hydrogen-bond donors (Lipinski definition) is 1. The average molecular weight is 210 g/mol. The summed E-state index contributed by atoms with van der Waals surface area (Å²) >= 11 is 0. The lowest BCUT2D eigenvalue weighted by Crippen LogP contribution is -2.30. The molecule has 1 heterocycles. The van der Waals surface area contributed by atoms with Crippen molar-refractivity contribution in [3.8, 4) is 0 Å². The molecule has 15 heavy (non-hydrogen) atoms. The lowest BCUT2D eigenvalue weighted by Gasteiger charge is -2.29. The van der Waals surface area contributed by atoms with Crippen molar-refractivity contribution < 1.29 is 14.2 Å². The molecular formula is C12H15FO2. The molecule has 1 atom stereocenters. The zero-order chi connectivity index (χ0) is 10.7. The van der Waals surface area contributed by atoms with E-state index in [1.54, 1.807) is 18.2 Å². The highest BCUT2D eigenvalue weighted by Gasteiger charge is 2.24. The summed E-state index contributed by atoms with van der Waals surface area (Å²) in [7, 11) is 0. The third-order valence-electron chi connectivity index (χ3n) is 2.89. The number of ether oxygens (including phenoxy) is 1. The van der Waals surface area contributed by atoms with Crippen LogP contribution in [0.15, 0.2) is 24.3 Å². The van der Waals surface area contributed by atoms with Gasteiger partial charge < -0.3 is 9.84 Å². The maximum Gasteiger partial charge on any atom is 0.126 e. The minimum Gasteiger partial charge on any atom is -0.396 e. The van der Waals surface area contributed by atoms with Crippen LogP contribution in [0, 0.1) is 11.7 Å². The maximum atomic E-state index is 13.5. The molecule has 0 amide bonds. The van der Waals surface area contributed by atoms with Gasteiger partial charge in [0.25, 0.3) is 0 Å². The van der Waals surface area contributed by atoms with Gasteiger partial charge in [0, 0.05) is 11.8 Å². The standard InChI is InChI=1S/C12H15FO2/c13-12-4-2-1-3-11(12)10(6-14)5-9-7-15-8-9/h1-4,9-10,14H,5-8H2. The van der Waals surface area contributed by atoms with Crippen LogP contribution in [-0.2, 0) is 4.74 Å². The highest BCUT2D eigenvalue weighted by molar-refractivity contribution is 5.22. The summed E-state index contributed by atoms with van der Waals surface area (Å²) in [6, 6.07) is 6.66. The number of hydrogen-bond acceptors (Lipinski definition) is 2. The number of rotatable bonds is 4. The number of aliphatic hydroxyl groups excluding tert-OH is 1. The maximum absolute atomic E-state index is 13.5. The Morgan fingerprint density at radius 3 is 2.67 bits per heavy atom. The Balaban J connectivity index is 2.07. The summed E-state index contributed by atoms with van der Waals surface area (Å²) in [5.41, 5.74) is 0.618. The molecule has 2 nitrogen and oxygen atoms in total. The van der Waals surface area contributed by atoms with Crippen LogP contribution in [0.4, 0.5) is 4.39 Å². The first-order valence-corrected chi connectivity index (χ1v) is 5.24. The molecule has 1 fully saturated rings. The highest BCUT2D eigenvalue weighted by Crippen LogP contribution is 2.28. The zero-order valence-electron chi connectivity index (χ0n) is 8.53. The molecule has 2 rings (SSSR count). The van der Waals surface area contributed by atoms with Crippen LogP contribution in [0.3, 0.4) is 0 Å². The molecule has 0 radical (unpaired) electrons. The Morgan fingerprint density at radius 2 is 2.13 bits per heavy atom. The predicted molar refractivity (Wildman–Crippen MR) is 55.2 cm³/mol. The van der Waals surface area contributed by atoms with Gasteiger partial charge in [-0.1, -0.05) is 18.2 Å². The smallest absolute Gasteiger partial charge is 0.126 e. The van der Waals surface area contributed by atoms with E-state index in [4.69, 9.17) is 4.74 Å². The zero-order valence-corrected chi connectivity index (χ0v) is 8.53. The second kappa shape index (κ2) is 4.73. The summed E-state index contributed by atoms with van der Waals surface area (Å²) < 4.78 is 18.5. The Bertz CT molecular complexity index is 323. The van der Waals surface area contributed by atoms with E-state index in [9.17, 15) is 9.50 Å². The Morgan fingerprint density at radius 1 is 1.40 bits per heavy atom. The van der Waals surface area contributed by atoms with Crippen molar-refractivity contribution in [2.75, 3.05) is 19.8 Å². The second-order valence-corrected chi connectivity index (χ2v) is 4.04. The molecular weight excluding hydrogens is 195 g/mol. The van der Waals surface area contributed by atoms with Crippen LogP contribution in [0.25, 0.3) is 0 Å². The lowest BCUT2D eigenvalue weighted by atomic mass is 9.88. The van der Waals surface area contributed by atoms with E-state index < -0.39 is 0 Å². The summed E-state index contributed by atoms with van der Waals surface area (Å²) in [6.07, 6.45) is 0.803. The summed E-state index contributed by atoms with van der Waals surface area (Å²) in [4.78, 5) is 0. The summed E-state index contributed by atoms with van der Waals surface area (Å²) in [6.45, 7) is 1.48. The summed E-state index contributed by atoms with van der Waals surface area (Å²) in [5.74, 6) is 0.152. The molecule has 3 heteroatoms. The van der Waals surface area contributed by atoms with Crippen molar-refractivity contribution in [3.05, 3.63) is 35.6 Å². The van der Waals surface area contributed by atoms with Gasteiger partial charge in [0.2, 0.25) is 0 Å². The fraction of sp³-hybridized carbons (Fsp3) is 0.500. The van der Waals surface area contributed by atoms with E-state index in [0.29, 0.717) is 11.5 Å². The van der Waals surface area contributed by atoms with Gasteiger partial charge in [-0.3, -0.25) is 0 Å². The van der Waals surface area contributed by atoms with E-state index >= 15 is 0 Å². The van der Waals surface area contributed by atoms with Crippen LogP contribution in [0.2, 0.25) is 0 Å².